The van der Waals surface area contributed by atoms with Crippen molar-refractivity contribution >= 4 is 52.9 Å². The lowest BCUT2D eigenvalue weighted by Gasteiger charge is -2.44. The van der Waals surface area contributed by atoms with Crippen molar-refractivity contribution in [3.63, 3.8) is 0 Å². The lowest BCUT2D eigenvalue weighted by molar-refractivity contribution is -0.138. The van der Waals surface area contributed by atoms with Gasteiger partial charge in [0.1, 0.15) is 5.75 Å². The number of pyridine rings is 1. The number of benzene rings is 4. The van der Waals surface area contributed by atoms with Crippen molar-refractivity contribution in [1.29, 1.82) is 0 Å². The summed E-state index contributed by atoms with van der Waals surface area (Å²) in [6.45, 7) is 7.57. The van der Waals surface area contributed by atoms with Crippen LogP contribution in [0, 0.1) is 17.8 Å². The van der Waals surface area contributed by atoms with E-state index in [4.69, 9.17) is 14.1 Å². The molecular formula is C47H48N2O5Si. The number of aromatic nitrogens is 1. The number of rotatable bonds is 10. The molecule has 0 radical (unpaired) electrons. The Labute approximate surface area is 324 Å². The first-order chi connectivity index (χ1) is 26.6. The van der Waals surface area contributed by atoms with E-state index in [1.807, 2.05) is 66.9 Å². The number of nitrogens with zero attached hydrogens (tertiary/aromatic N) is 2. The van der Waals surface area contributed by atoms with Gasteiger partial charge in [0.25, 0.3) is 8.32 Å². The standard InChI is InChI=1S/C47H48N2O5Si/c1-47(2,3)55(34-15-7-5-8-16-34,35-17-9-6-10-18-35)54-29-33-28-38-44(46(52)49(4)45(38)51)39-30-53-42(43(33)39)25-23-32(40-21-13-14-26-48-40)27-31-22-24-41(50)37-20-12-11-19-36(31)37/h5-22,24,26-27,38-39,42,44,50H,23,25,28-30H2,1-4H3/b32-27-/t38-,39+,42-,44-/m1/s1. The van der Waals surface area contributed by atoms with E-state index in [-0.39, 0.29) is 34.6 Å². The molecule has 2 saturated heterocycles. The number of carbonyl (C=O) groups excluding carboxylic acids is 2. The van der Waals surface area contributed by atoms with E-state index in [1.165, 1.54) is 15.3 Å². The molecule has 0 saturated carbocycles. The van der Waals surface area contributed by atoms with E-state index < -0.39 is 20.2 Å². The van der Waals surface area contributed by atoms with Crippen LogP contribution in [0.15, 0.2) is 133 Å². The second kappa shape index (κ2) is 14.8. The van der Waals surface area contributed by atoms with Crippen LogP contribution in [0.3, 0.4) is 0 Å². The summed E-state index contributed by atoms with van der Waals surface area (Å²) in [4.78, 5) is 33.4. The number of hydrogen-bond donors (Lipinski definition) is 1. The molecule has 4 atom stereocenters. The smallest absolute Gasteiger partial charge is 0.261 e. The van der Waals surface area contributed by atoms with E-state index in [0.29, 0.717) is 32.5 Å². The van der Waals surface area contributed by atoms with Crippen molar-refractivity contribution in [2.45, 2.75) is 51.2 Å². The van der Waals surface area contributed by atoms with Crippen LogP contribution in [0.1, 0.15) is 51.3 Å². The molecule has 1 aliphatic carbocycles. The minimum absolute atomic E-state index is 0.109. The van der Waals surface area contributed by atoms with Crippen LogP contribution in [-0.2, 0) is 18.8 Å². The van der Waals surface area contributed by atoms with Gasteiger partial charge in [0.2, 0.25) is 11.8 Å². The molecule has 4 aromatic carbocycles. The maximum absolute atomic E-state index is 13.7. The third kappa shape index (κ3) is 6.56. The minimum Gasteiger partial charge on any atom is -0.507 e. The number of carbonyl (C=O) groups is 2. The third-order valence-electron chi connectivity index (χ3n) is 12.0. The van der Waals surface area contributed by atoms with Gasteiger partial charge in [-0.25, -0.2) is 0 Å². The number of phenols is 1. The predicted molar refractivity (Wildman–Crippen MR) is 220 cm³/mol. The van der Waals surface area contributed by atoms with Gasteiger partial charge in [-0.2, -0.15) is 0 Å². The van der Waals surface area contributed by atoms with Gasteiger partial charge in [0.05, 0.1) is 36.8 Å². The topological polar surface area (TPSA) is 89.0 Å². The maximum Gasteiger partial charge on any atom is 0.261 e. The Morgan fingerprint density at radius 2 is 1.51 bits per heavy atom. The minimum atomic E-state index is -2.90. The van der Waals surface area contributed by atoms with Crippen LogP contribution >= 0.6 is 0 Å². The Hall–Kier alpha value is -5.15. The van der Waals surface area contributed by atoms with Crippen LogP contribution in [0.25, 0.3) is 22.4 Å². The first kappa shape index (κ1) is 36.8. The summed E-state index contributed by atoms with van der Waals surface area (Å²) in [6, 6.07) is 38.7. The molecule has 0 bridgehead atoms. The van der Waals surface area contributed by atoms with Gasteiger partial charge in [-0.15, -0.1) is 0 Å². The molecule has 1 aromatic heterocycles. The van der Waals surface area contributed by atoms with E-state index in [1.54, 1.807) is 13.1 Å². The number of phenolic OH excluding ortho intramolecular Hbond substituents is 1. The van der Waals surface area contributed by atoms with Crippen molar-refractivity contribution in [2.24, 2.45) is 17.8 Å². The molecule has 7 nitrogen and oxygen atoms in total. The van der Waals surface area contributed by atoms with Gasteiger partial charge in [0.15, 0.2) is 0 Å². The van der Waals surface area contributed by atoms with Crippen molar-refractivity contribution in [3.05, 3.63) is 144 Å². The Balaban J connectivity index is 1.19. The summed E-state index contributed by atoms with van der Waals surface area (Å²) >= 11 is 0. The highest BCUT2D eigenvalue weighted by Crippen LogP contribution is 2.50. The Bertz CT molecular complexity index is 2240. The molecule has 8 rings (SSSR count). The molecule has 3 aliphatic rings. The van der Waals surface area contributed by atoms with Crippen molar-refractivity contribution in [1.82, 2.24) is 9.88 Å². The van der Waals surface area contributed by atoms with Gasteiger partial charge in [-0.05, 0) is 86.6 Å². The highest BCUT2D eigenvalue weighted by molar-refractivity contribution is 6.99. The van der Waals surface area contributed by atoms with Crippen molar-refractivity contribution in [2.75, 3.05) is 20.3 Å². The van der Waals surface area contributed by atoms with Crippen LogP contribution < -0.4 is 10.4 Å². The van der Waals surface area contributed by atoms with E-state index in [0.717, 1.165) is 38.7 Å². The SMILES string of the molecule is CN1C(=O)[C@@H]2[C@@H](CC(CO[Si](c3ccccc3)(c3ccccc3)C(C)(C)C)=C3[C@@H](CC/C(=C/c4ccc(O)c5ccccc45)c4ccccn4)OC[C@@H]32)C1=O. The second-order valence-electron chi connectivity index (χ2n) is 16.2. The van der Waals surface area contributed by atoms with Gasteiger partial charge < -0.3 is 14.3 Å². The number of ether oxygens (including phenoxy) is 1. The van der Waals surface area contributed by atoms with Gasteiger partial charge in [-0.3, -0.25) is 19.5 Å². The number of fused-ring (bicyclic) bond motifs is 4. The summed E-state index contributed by atoms with van der Waals surface area (Å²) in [7, 11) is -1.28. The average Bonchev–Trinajstić information content (AvgIpc) is 3.72. The molecule has 2 amide bonds. The highest BCUT2D eigenvalue weighted by atomic mass is 28.4. The fraction of sp³-hybridized carbons (Fsp3) is 0.298. The lowest BCUT2D eigenvalue weighted by atomic mass is 9.69. The van der Waals surface area contributed by atoms with Crippen LogP contribution in [0.5, 0.6) is 5.75 Å². The Morgan fingerprint density at radius 3 is 2.16 bits per heavy atom. The molecule has 2 aliphatic heterocycles. The fourth-order valence-corrected chi connectivity index (χ4v) is 14.0. The van der Waals surface area contributed by atoms with Crippen molar-refractivity contribution < 1.29 is 23.9 Å². The molecule has 1 N–H and O–H groups in total. The summed E-state index contributed by atoms with van der Waals surface area (Å²) in [5.41, 5.74) is 5.14. The predicted octanol–water partition coefficient (Wildman–Crippen LogP) is 7.78. The molecule has 5 aromatic rings. The monoisotopic (exact) mass is 748 g/mol. The summed E-state index contributed by atoms with van der Waals surface area (Å²) in [6.07, 6.45) is 5.54. The van der Waals surface area contributed by atoms with E-state index in [2.05, 4.69) is 75.4 Å². The Morgan fingerprint density at radius 1 is 0.855 bits per heavy atom. The lowest BCUT2D eigenvalue weighted by Crippen LogP contribution is -2.66. The maximum atomic E-state index is 13.7. The first-order valence-corrected chi connectivity index (χ1v) is 21.2. The molecule has 2 fully saturated rings. The van der Waals surface area contributed by atoms with Crippen LogP contribution in [0.2, 0.25) is 5.04 Å². The van der Waals surface area contributed by atoms with E-state index in [9.17, 15) is 14.7 Å². The first-order valence-electron chi connectivity index (χ1n) is 19.3. The average molecular weight is 749 g/mol. The van der Waals surface area contributed by atoms with Crippen LogP contribution in [0.4, 0.5) is 0 Å². The quantitative estimate of drug-likeness (QED) is 0.0892. The third-order valence-corrected chi connectivity index (χ3v) is 17.0. The highest BCUT2D eigenvalue weighted by Gasteiger charge is 2.57. The second-order valence-corrected chi connectivity index (χ2v) is 20.5. The number of allylic oxidation sites excluding steroid dienone is 1. The Kier molecular flexibility index (Phi) is 9.92. The molecule has 280 valence electrons. The summed E-state index contributed by atoms with van der Waals surface area (Å²) in [5.74, 6) is -1.00. The van der Waals surface area contributed by atoms with Crippen LogP contribution in [-0.4, -0.2) is 61.5 Å². The largest absolute Gasteiger partial charge is 0.507 e. The van der Waals surface area contributed by atoms with Crippen molar-refractivity contribution in [3.8, 4) is 5.75 Å². The molecule has 55 heavy (non-hydrogen) atoms. The van der Waals surface area contributed by atoms with Gasteiger partial charge >= 0.3 is 0 Å². The number of likely N-dealkylation sites (tertiary alicyclic amines) is 1. The number of hydrogen-bond acceptors (Lipinski definition) is 6. The zero-order valence-corrected chi connectivity index (χ0v) is 32.9. The zero-order valence-electron chi connectivity index (χ0n) is 31.9. The molecule has 3 heterocycles. The van der Waals surface area contributed by atoms with E-state index >= 15 is 0 Å². The molecule has 0 spiro atoms. The molecule has 8 heteroatoms. The number of aromatic hydroxyl groups is 1. The fourth-order valence-electron chi connectivity index (χ4n) is 9.45. The van der Waals surface area contributed by atoms with Gasteiger partial charge in [-0.1, -0.05) is 118 Å². The van der Waals surface area contributed by atoms with Gasteiger partial charge in [0, 0.05) is 24.5 Å². The number of imide groups is 1. The molecular weight excluding hydrogens is 701 g/mol. The summed E-state index contributed by atoms with van der Waals surface area (Å²) in [5, 5.41) is 14.5. The zero-order chi connectivity index (χ0) is 38.3. The number of amides is 2. The normalized spacial score (nSPS) is 21.7. The summed E-state index contributed by atoms with van der Waals surface area (Å²) < 4.78 is 14.2. The molecule has 0 unspecified atom stereocenters.